The molecular weight excluding hydrogens is 319 g/mol. The highest BCUT2D eigenvalue weighted by Crippen LogP contribution is 2.22. The molecule has 0 spiro atoms. The van der Waals surface area contributed by atoms with Crippen molar-refractivity contribution in [2.45, 2.75) is 0 Å². The molecule has 0 saturated heterocycles. The van der Waals surface area contributed by atoms with Gasteiger partial charge in [-0.05, 0) is 34.1 Å². The fourth-order valence-electron chi connectivity index (χ4n) is 1.12. The first-order valence-corrected chi connectivity index (χ1v) is 5.89. The Labute approximate surface area is 117 Å². The summed E-state index contributed by atoms with van der Waals surface area (Å²) in [7, 11) is 0. The van der Waals surface area contributed by atoms with E-state index < -0.39 is 6.09 Å². The number of hydrogen-bond donors (Lipinski definition) is 1. The summed E-state index contributed by atoms with van der Waals surface area (Å²) in [5.41, 5.74) is 5.35. The van der Waals surface area contributed by atoms with Crippen LogP contribution in [0.15, 0.2) is 34.6 Å². The van der Waals surface area contributed by atoms with Gasteiger partial charge in [-0.3, -0.25) is 0 Å². The van der Waals surface area contributed by atoms with Crippen LogP contribution in [-0.4, -0.2) is 19.3 Å². The van der Waals surface area contributed by atoms with E-state index in [4.69, 9.17) is 15.7 Å². The molecule has 0 aliphatic rings. The average molecular weight is 329 g/mol. The molecule has 7 heteroatoms. The fraction of sp³-hybridized carbons (Fsp3) is 0.167. The van der Waals surface area contributed by atoms with E-state index in [1.807, 2.05) is 6.07 Å². The maximum Gasteiger partial charge on any atom is 0.404 e. The van der Waals surface area contributed by atoms with E-state index in [2.05, 4.69) is 20.7 Å². The number of nitrogens with zero attached hydrogens (tertiary/aromatic N) is 1. The Hall–Kier alpha value is -2.07. The highest BCUT2D eigenvalue weighted by atomic mass is 79.9. The first-order chi connectivity index (χ1) is 9.06. The van der Waals surface area contributed by atoms with Crippen LogP contribution < -0.4 is 10.5 Å². The van der Waals surface area contributed by atoms with Gasteiger partial charge in [0.05, 0.1) is 11.9 Å². The number of hydrogen-bond acceptors (Lipinski definition) is 4. The molecule has 0 aliphatic carbocycles. The Morgan fingerprint density at radius 3 is 2.79 bits per heavy atom. The molecule has 0 heterocycles. The number of nitrogens with two attached hydrogens (primary N) is 1. The molecule has 0 fully saturated rings. The maximum atomic E-state index is 12.5. The number of halogens is 2. The van der Waals surface area contributed by atoms with Crippen LogP contribution >= 0.6 is 15.9 Å². The van der Waals surface area contributed by atoms with Crippen molar-refractivity contribution in [3.63, 3.8) is 0 Å². The number of rotatable bonds is 5. The fourth-order valence-corrected chi connectivity index (χ4v) is 1.57. The standard InChI is InChI=1S/C12H10BrFN2O3/c13-11-3-10(2-1-9(11)5-15)18-6-8(4-14)7-19-12(16)17/h1-4H,6-7H2,(H2,16,17). The van der Waals surface area contributed by atoms with Gasteiger partial charge in [-0.2, -0.15) is 5.26 Å². The van der Waals surface area contributed by atoms with Gasteiger partial charge in [-0.25, -0.2) is 9.18 Å². The third-order valence-corrected chi connectivity index (χ3v) is 2.70. The molecule has 0 radical (unpaired) electrons. The van der Waals surface area contributed by atoms with Crippen molar-refractivity contribution in [1.82, 2.24) is 0 Å². The van der Waals surface area contributed by atoms with Crippen molar-refractivity contribution < 1.29 is 18.7 Å². The lowest BCUT2D eigenvalue weighted by Crippen LogP contribution is -2.16. The van der Waals surface area contributed by atoms with E-state index in [9.17, 15) is 9.18 Å². The summed E-state index contributed by atoms with van der Waals surface area (Å²) in [6.45, 7) is -0.370. The molecule has 0 unspecified atom stereocenters. The van der Waals surface area contributed by atoms with E-state index in [-0.39, 0.29) is 18.8 Å². The zero-order valence-corrected chi connectivity index (χ0v) is 11.3. The Bertz CT molecular complexity index is 540. The number of primary amides is 1. The number of ether oxygens (including phenoxy) is 2. The molecule has 19 heavy (non-hydrogen) atoms. The van der Waals surface area contributed by atoms with E-state index >= 15 is 0 Å². The van der Waals surface area contributed by atoms with Crippen LogP contribution in [-0.2, 0) is 4.74 Å². The highest BCUT2D eigenvalue weighted by Gasteiger charge is 2.05. The van der Waals surface area contributed by atoms with E-state index in [0.717, 1.165) is 0 Å². The molecule has 1 aromatic rings. The van der Waals surface area contributed by atoms with Gasteiger partial charge in [0.2, 0.25) is 0 Å². The Balaban J connectivity index is 2.58. The molecule has 1 amide bonds. The molecule has 100 valence electrons. The van der Waals surface area contributed by atoms with E-state index in [1.54, 1.807) is 18.2 Å². The molecule has 1 aromatic carbocycles. The van der Waals surface area contributed by atoms with Gasteiger partial charge in [0, 0.05) is 10.0 Å². The third-order valence-electron chi connectivity index (χ3n) is 2.04. The summed E-state index contributed by atoms with van der Waals surface area (Å²) in [5.74, 6) is 0.448. The number of amides is 1. The second kappa shape index (κ2) is 7.38. The van der Waals surface area contributed by atoms with Crippen LogP contribution in [0.3, 0.4) is 0 Å². The summed E-state index contributed by atoms with van der Waals surface area (Å²) in [4.78, 5) is 10.4. The van der Waals surface area contributed by atoms with Crippen molar-refractivity contribution >= 4 is 22.0 Å². The first kappa shape index (κ1) is 15.0. The van der Waals surface area contributed by atoms with Gasteiger partial charge in [0.15, 0.2) is 0 Å². The quantitative estimate of drug-likeness (QED) is 0.900. The topological polar surface area (TPSA) is 85.3 Å². The van der Waals surface area contributed by atoms with Crippen LogP contribution in [0.5, 0.6) is 5.75 Å². The number of carbonyl (C=O) groups is 1. The van der Waals surface area contributed by atoms with Crippen molar-refractivity contribution in [1.29, 1.82) is 5.26 Å². The van der Waals surface area contributed by atoms with Crippen LogP contribution in [0.2, 0.25) is 0 Å². The lowest BCUT2D eigenvalue weighted by molar-refractivity contribution is 0.162. The molecule has 0 saturated carbocycles. The summed E-state index contributed by atoms with van der Waals surface area (Å²) in [6.07, 6.45) is -0.692. The van der Waals surface area contributed by atoms with Crippen molar-refractivity contribution in [2.24, 2.45) is 5.73 Å². The lowest BCUT2D eigenvalue weighted by Gasteiger charge is -2.09. The van der Waals surface area contributed by atoms with Crippen LogP contribution in [0.1, 0.15) is 5.56 Å². The zero-order valence-electron chi connectivity index (χ0n) is 9.73. The molecule has 2 N–H and O–H groups in total. The van der Waals surface area contributed by atoms with Crippen molar-refractivity contribution in [2.75, 3.05) is 13.2 Å². The maximum absolute atomic E-state index is 12.5. The molecule has 5 nitrogen and oxygen atoms in total. The van der Waals surface area contributed by atoms with E-state index in [1.165, 1.54) is 0 Å². The minimum Gasteiger partial charge on any atom is -0.489 e. The minimum atomic E-state index is -0.986. The Morgan fingerprint density at radius 2 is 2.26 bits per heavy atom. The van der Waals surface area contributed by atoms with Crippen LogP contribution in [0.4, 0.5) is 9.18 Å². The second-order valence-electron chi connectivity index (χ2n) is 3.42. The highest BCUT2D eigenvalue weighted by molar-refractivity contribution is 9.10. The zero-order chi connectivity index (χ0) is 14.3. The lowest BCUT2D eigenvalue weighted by atomic mass is 10.2. The predicted molar refractivity (Wildman–Crippen MR) is 69.1 cm³/mol. The molecule has 0 atom stereocenters. The van der Waals surface area contributed by atoms with Gasteiger partial charge in [0.1, 0.15) is 25.0 Å². The normalized spacial score (nSPS) is 10.7. The third kappa shape index (κ3) is 4.97. The molecule has 0 bridgehead atoms. The van der Waals surface area contributed by atoms with Gasteiger partial charge >= 0.3 is 6.09 Å². The van der Waals surface area contributed by atoms with Crippen molar-refractivity contribution in [3.8, 4) is 11.8 Å². The van der Waals surface area contributed by atoms with Crippen LogP contribution in [0, 0.1) is 11.3 Å². The molecule has 0 aliphatic heterocycles. The predicted octanol–water partition coefficient (Wildman–Crippen LogP) is 2.65. The Morgan fingerprint density at radius 1 is 1.53 bits per heavy atom. The van der Waals surface area contributed by atoms with Gasteiger partial charge in [0.25, 0.3) is 0 Å². The van der Waals surface area contributed by atoms with Gasteiger partial charge in [-0.1, -0.05) is 0 Å². The minimum absolute atomic E-state index is 0.0951. The number of benzene rings is 1. The molecule has 0 aromatic heterocycles. The monoisotopic (exact) mass is 328 g/mol. The summed E-state index contributed by atoms with van der Waals surface area (Å²) in [5, 5.41) is 8.75. The van der Waals surface area contributed by atoms with Gasteiger partial charge < -0.3 is 15.2 Å². The van der Waals surface area contributed by atoms with Crippen molar-refractivity contribution in [3.05, 3.63) is 40.1 Å². The summed E-state index contributed by atoms with van der Waals surface area (Å²) >= 11 is 3.20. The summed E-state index contributed by atoms with van der Waals surface area (Å²) in [6, 6.07) is 6.72. The molecular formula is C12H10BrFN2O3. The van der Waals surface area contributed by atoms with E-state index in [0.29, 0.717) is 22.1 Å². The largest absolute Gasteiger partial charge is 0.489 e. The average Bonchev–Trinajstić information content (AvgIpc) is 2.39. The van der Waals surface area contributed by atoms with Crippen LogP contribution in [0.25, 0.3) is 0 Å². The Kier molecular flexibility index (Phi) is 5.82. The SMILES string of the molecule is N#Cc1ccc(OCC(=CF)COC(N)=O)cc1Br. The summed E-state index contributed by atoms with van der Waals surface area (Å²) < 4.78 is 22.8. The first-order valence-electron chi connectivity index (χ1n) is 5.09. The second-order valence-corrected chi connectivity index (χ2v) is 4.27. The number of nitriles is 1. The van der Waals surface area contributed by atoms with Gasteiger partial charge in [-0.15, -0.1) is 0 Å². The number of carbonyl (C=O) groups excluding carboxylic acids is 1. The molecule has 1 rings (SSSR count). The smallest absolute Gasteiger partial charge is 0.404 e.